The van der Waals surface area contributed by atoms with Gasteiger partial charge in [0.25, 0.3) is 5.91 Å². The Labute approximate surface area is 116 Å². The van der Waals surface area contributed by atoms with Crippen LogP contribution in [0.15, 0.2) is 23.1 Å². The van der Waals surface area contributed by atoms with E-state index < -0.39 is 21.6 Å². The molecule has 0 spiro atoms. The van der Waals surface area contributed by atoms with Crippen molar-refractivity contribution in [3.63, 3.8) is 0 Å². The minimum atomic E-state index is -2.96. The minimum Gasteiger partial charge on any atom is -0.352 e. The highest BCUT2D eigenvalue weighted by atomic mass is 32.2. The fourth-order valence-electron chi connectivity index (χ4n) is 2.05. The van der Waals surface area contributed by atoms with Crippen LogP contribution in [0.1, 0.15) is 16.8 Å². The van der Waals surface area contributed by atoms with Crippen molar-refractivity contribution in [1.29, 1.82) is 0 Å². The molecule has 1 N–H and O–H groups in total. The molecule has 1 aliphatic heterocycles. The first kappa shape index (κ1) is 14.3. The lowest BCUT2D eigenvalue weighted by molar-refractivity contribution is 0.0944. The van der Waals surface area contributed by atoms with Crippen LogP contribution in [-0.4, -0.2) is 32.4 Å². The molecule has 1 saturated heterocycles. The number of sulfone groups is 1. The summed E-state index contributed by atoms with van der Waals surface area (Å²) in [6, 6.07) is 3.98. The van der Waals surface area contributed by atoms with Crippen molar-refractivity contribution < 1.29 is 17.6 Å². The minimum absolute atomic E-state index is 0.0756. The topological polar surface area (TPSA) is 63.2 Å². The number of carbonyl (C=O) groups excluding carboxylic acids is 1. The summed E-state index contributed by atoms with van der Waals surface area (Å²) in [5.74, 6) is -1.00. The van der Waals surface area contributed by atoms with Crippen LogP contribution in [-0.2, 0) is 9.84 Å². The number of hydrogen-bond donors (Lipinski definition) is 2. The van der Waals surface area contributed by atoms with Gasteiger partial charge in [0.1, 0.15) is 5.82 Å². The molecule has 4 nitrogen and oxygen atoms in total. The third-order valence-corrected chi connectivity index (χ3v) is 5.19. The summed E-state index contributed by atoms with van der Waals surface area (Å²) in [5.41, 5.74) is -0.0756. The second-order valence-electron chi connectivity index (χ2n) is 4.64. The average molecular weight is 303 g/mol. The maximum atomic E-state index is 13.5. The average Bonchev–Trinajstić information content (AvgIpc) is 2.69. The number of carbonyl (C=O) groups is 1. The van der Waals surface area contributed by atoms with E-state index in [4.69, 9.17) is 0 Å². The van der Waals surface area contributed by atoms with E-state index in [1.807, 2.05) is 0 Å². The standard InChI is InChI=1S/C12H14FNO3S2/c13-11-2-1-9(18)5-10(11)12(15)14-6-8-3-4-19(16,17)7-8/h1-2,5,8,18H,3-4,6-7H2,(H,14,15). The fourth-order valence-corrected chi connectivity index (χ4v) is 4.12. The molecule has 0 aromatic heterocycles. The number of halogens is 1. The second-order valence-corrected chi connectivity index (χ2v) is 7.39. The molecular weight excluding hydrogens is 289 g/mol. The van der Waals surface area contributed by atoms with Crippen molar-refractivity contribution in [2.24, 2.45) is 5.92 Å². The van der Waals surface area contributed by atoms with Crippen LogP contribution in [0.4, 0.5) is 4.39 Å². The molecule has 0 aliphatic carbocycles. The van der Waals surface area contributed by atoms with Crippen molar-refractivity contribution >= 4 is 28.4 Å². The molecule has 1 fully saturated rings. The molecule has 1 atom stereocenters. The number of hydrogen-bond acceptors (Lipinski definition) is 4. The molecule has 1 aromatic rings. The van der Waals surface area contributed by atoms with Gasteiger partial charge >= 0.3 is 0 Å². The number of nitrogens with one attached hydrogen (secondary N) is 1. The van der Waals surface area contributed by atoms with Gasteiger partial charge in [-0.3, -0.25) is 4.79 Å². The second kappa shape index (κ2) is 5.50. The summed E-state index contributed by atoms with van der Waals surface area (Å²) in [7, 11) is -2.96. The van der Waals surface area contributed by atoms with Crippen molar-refractivity contribution in [3.8, 4) is 0 Å². The van der Waals surface area contributed by atoms with E-state index in [1.165, 1.54) is 18.2 Å². The van der Waals surface area contributed by atoms with E-state index in [1.54, 1.807) is 0 Å². The van der Waals surface area contributed by atoms with Gasteiger partial charge in [0, 0.05) is 11.4 Å². The van der Waals surface area contributed by atoms with Crippen molar-refractivity contribution in [2.45, 2.75) is 11.3 Å². The third-order valence-electron chi connectivity index (χ3n) is 3.07. The van der Waals surface area contributed by atoms with Gasteiger partial charge in [-0.05, 0) is 30.5 Å². The molecule has 1 unspecified atom stereocenters. The van der Waals surface area contributed by atoms with Crippen LogP contribution in [0.3, 0.4) is 0 Å². The SMILES string of the molecule is O=C(NCC1CCS(=O)(=O)C1)c1cc(S)ccc1F. The lowest BCUT2D eigenvalue weighted by atomic mass is 10.1. The normalized spacial score (nSPS) is 21.3. The van der Waals surface area contributed by atoms with Gasteiger partial charge in [0.2, 0.25) is 0 Å². The van der Waals surface area contributed by atoms with Crippen LogP contribution >= 0.6 is 12.6 Å². The first-order chi connectivity index (χ1) is 8.87. The Morgan fingerprint density at radius 1 is 1.47 bits per heavy atom. The monoisotopic (exact) mass is 303 g/mol. The fraction of sp³-hybridized carbons (Fsp3) is 0.417. The van der Waals surface area contributed by atoms with Crippen LogP contribution in [0.2, 0.25) is 0 Å². The maximum absolute atomic E-state index is 13.5. The van der Waals surface area contributed by atoms with E-state index in [0.717, 1.165) is 0 Å². The molecule has 104 valence electrons. The molecular formula is C12H14FNO3S2. The van der Waals surface area contributed by atoms with Crippen molar-refractivity contribution in [1.82, 2.24) is 5.32 Å². The summed E-state index contributed by atoms with van der Waals surface area (Å²) >= 11 is 4.05. The summed E-state index contributed by atoms with van der Waals surface area (Å²) < 4.78 is 36.0. The lowest BCUT2D eigenvalue weighted by Crippen LogP contribution is -2.30. The van der Waals surface area contributed by atoms with Crippen LogP contribution in [0.25, 0.3) is 0 Å². The Morgan fingerprint density at radius 3 is 2.84 bits per heavy atom. The van der Waals surface area contributed by atoms with Gasteiger partial charge in [-0.1, -0.05) is 0 Å². The molecule has 1 aliphatic rings. The molecule has 0 saturated carbocycles. The van der Waals surface area contributed by atoms with E-state index in [-0.39, 0.29) is 29.5 Å². The first-order valence-corrected chi connectivity index (χ1v) is 8.11. The zero-order chi connectivity index (χ0) is 14.0. The number of rotatable bonds is 3. The summed E-state index contributed by atoms with van der Waals surface area (Å²) in [5, 5.41) is 2.57. The van der Waals surface area contributed by atoms with Crippen molar-refractivity contribution in [2.75, 3.05) is 18.1 Å². The van der Waals surface area contributed by atoms with Crippen LogP contribution in [0.5, 0.6) is 0 Å². The number of thiol groups is 1. The highest BCUT2D eigenvalue weighted by Crippen LogP contribution is 2.18. The van der Waals surface area contributed by atoms with Crippen molar-refractivity contribution in [3.05, 3.63) is 29.6 Å². The Hall–Kier alpha value is -1.08. The van der Waals surface area contributed by atoms with E-state index >= 15 is 0 Å². The van der Waals surface area contributed by atoms with Gasteiger partial charge in [0.15, 0.2) is 9.84 Å². The van der Waals surface area contributed by atoms with E-state index in [2.05, 4.69) is 17.9 Å². The summed E-state index contributed by atoms with van der Waals surface area (Å²) in [6.07, 6.45) is 0.539. The maximum Gasteiger partial charge on any atom is 0.254 e. The third kappa shape index (κ3) is 3.70. The zero-order valence-corrected chi connectivity index (χ0v) is 11.8. The van der Waals surface area contributed by atoms with Gasteiger partial charge in [-0.15, -0.1) is 12.6 Å². The molecule has 1 amide bonds. The molecule has 1 heterocycles. The molecule has 0 bridgehead atoms. The predicted octanol–water partition coefficient (Wildman–Crippen LogP) is 1.28. The van der Waals surface area contributed by atoms with Gasteiger partial charge in [-0.2, -0.15) is 0 Å². The van der Waals surface area contributed by atoms with Gasteiger partial charge in [0.05, 0.1) is 17.1 Å². The Balaban J connectivity index is 1.97. The summed E-state index contributed by atoms with van der Waals surface area (Å²) in [4.78, 5) is 12.3. The Kier molecular flexibility index (Phi) is 4.15. The van der Waals surface area contributed by atoms with E-state index in [9.17, 15) is 17.6 Å². The Bertz CT molecular complexity index is 601. The first-order valence-electron chi connectivity index (χ1n) is 5.84. The largest absolute Gasteiger partial charge is 0.352 e. The Morgan fingerprint density at radius 2 is 2.21 bits per heavy atom. The van der Waals surface area contributed by atoms with Gasteiger partial charge in [-0.25, -0.2) is 12.8 Å². The number of benzene rings is 1. The predicted molar refractivity (Wildman–Crippen MR) is 72.7 cm³/mol. The van der Waals surface area contributed by atoms with Gasteiger partial charge < -0.3 is 5.32 Å². The van der Waals surface area contributed by atoms with Crippen LogP contribution in [0, 0.1) is 11.7 Å². The summed E-state index contributed by atoms with van der Waals surface area (Å²) in [6.45, 7) is 0.244. The highest BCUT2D eigenvalue weighted by Gasteiger charge is 2.28. The number of amides is 1. The molecule has 1 aromatic carbocycles. The smallest absolute Gasteiger partial charge is 0.254 e. The molecule has 2 rings (SSSR count). The lowest BCUT2D eigenvalue weighted by Gasteiger charge is -2.10. The quantitative estimate of drug-likeness (QED) is 0.827. The molecule has 7 heteroatoms. The molecule has 0 radical (unpaired) electrons. The molecule has 19 heavy (non-hydrogen) atoms. The zero-order valence-electron chi connectivity index (χ0n) is 10.1. The highest BCUT2D eigenvalue weighted by molar-refractivity contribution is 7.91. The van der Waals surface area contributed by atoms with Crippen LogP contribution < -0.4 is 5.32 Å². The van der Waals surface area contributed by atoms with E-state index in [0.29, 0.717) is 11.3 Å².